The molecule has 6 heteroatoms. The molecular formula is C14H29N3O3. The van der Waals surface area contributed by atoms with E-state index in [2.05, 4.69) is 29.4 Å². The first-order chi connectivity index (χ1) is 9.33. The number of carbonyl (C=O) groups excluding carboxylic acids is 1. The van der Waals surface area contributed by atoms with E-state index in [-0.39, 0.29) is 5.92 Å². The Balaban J connectivity index is 4.12. The summed E-state index contributed by atoms with van der Waals surface area (Å²) < 4.78 is 0. The Hall–Kier alpha value is -1.30. The summed E-state index contributed by atoms with van der Waals surface area (Å²) in [7, 11) is 2.01. The second-order valence-electron chi connectivity index (χ2n) is 5.34. The number of amides is 2. The van der Waals surface area contributed by atoms with E-state index in [4.69, 9.17) is 5.11 Å². The number of hydrogen-bond acceptors (Lipinski definition) is 3. The molecule has 0 rings (SSSR count). The predicted octanol–water partition coefficient (Wildman–Crippen LogP) is 1.52. The highest BCUT2D eigenvalue weighted by molar-refractivity contribution is 5.82. The fourth-order valence-corrected chi connectivity index (χ4v) is 1.75. The number of carbonyl (C=O) groups is 2. The number of carboxylic acid groups (broad SMARTS) is 1. The van der Waals surface area contributed by atoms with Crippen LogP contribution in [-0.4, -0.2) is 54.2 Å². The fraction of sp³-hybridized carbons (Fsp3) is 0.857. The lowest BCUT2D eigenvalue weighted by molar-refractivity contribution is -0.140. The van der Waals surface area contributed by atoms with Crippen LogP contribution in [0.2, 0.25) is 0 Å². The molecule has 0 radical (unpaired) electrons. The average molecular weight is 287 g/mol. The first-order valence-electron chi connectivity index (χ1n) is 7.30. The van der Waals surface area contributed by atoms with Gasteiger partial charge in [-0.2, -0.15) is 0 Å². The number of likely N-dealkylation sites (N-methyl/N-ethyl adjacent to an activating group) is 1. The quantitative estimate of drug-likeness (QED) is 0.600. The van der Waals surface area contributed by atoms with Crippen LogP contribution in [0, 0.1) is 5.92 Å². The maximum absolute atomic E-state index is 11.7. The van der Waals surface area contributed by atoms with Crippen LogP contribution in [0.15, 0.2) is 0 Å². The van der Waals surface area contributed by atoms with Crippen LogP contribution in [0.5, 0.6) is 0 Å². The smallest absolute Gasteiger partial charge is 0.326 e. The van der Waals surface area contributed by atoms with Crippen molar-refractivity contribution >= 4 is 12.0 Å². The van der Waals surface area contributed by atoms with E-state index in [1.165, 1.54) is 0 Å². The van der Waals surface area contributed by atoms with Crippen molar-refractivity contribution in [2.24, 2.45) is 5.92 Å². The number of carboxylic acids is 1. The van der Waals surface area contributed by atoms with Crippen LogP contribution < -0.4 is 10.6 Å². The molecule has 0 saturated carbocycles. The van der Waals surface area contributed by atoms with Crippen molar-refractivity contribution in [3.05, 3.63) is 0 Å². The Bertz CT molecular complexity index is 310. The van der Waals surface area contributed by atoms with Crippen LogP contribution >= 0.6 is 0 Å². The molecule has 6 nitrogen and oxygen atoms in total. The Morgan fingerprint density at radius 1 is 1.20 bits per heavy atom. The molecule has 0 aliphatic carbocycles. The molecule has 3 atom stereocenters. The van der Waals surface area contributed by atoms with E-state index in [9.17, 15) is 9.59 Å². The standard InChI is InChI=1S/C14H29N3O3/c1-6-10(3)12(13(18)19)16-14(20)15-8-9-17(5)11(4)7-2/h10-12H,6-9H2,1-5H3,(H,18,19)(H2,15,16,20). The second-order valence-corrected chi connectivity index (χ2v) is 5.34. The Labute approximate surface area is 121 Å². The Kier molecular flexibility index (Phi) is 8.96. The van der Waals surface area contributed by atoms with Crippen molar-refractivity contribution in [3.63, 3.8) is 0 Å². The van der Waals surface area contributed by atoms with Crippen molar-refractivity contribution < 1.29 is 14.7 Å². The minimum absolute atomic E-state index is 0.0963. The lowest BCUT2D eigenvalue weighted by Gasteiger charge is -2.24. The van der Waals surface area contributed by atoms with Crippen LogP contribution in [0.4, 0.5) is 4.79 Å². The number of nitrogens with zero attached hydrogens (tertiary/aromatic N) is 1. The summed E-state index contributed by atoms with van der Waals surface area (Å²) in [6.45, 7) is 9.20. The fourth-order valence-electron chi connectivity index (χ4n) is 1.75. The summed E-state index contributed by atoms with van der Waals surface area (Å²) in [5.74, 6) is -1.09. The molecule has 0 aromatic heterocycles. The highest BCUT2D eigenvalue weighted by atomic mass is 16.4. The third kappa shape index (κ3) is 6.75. The van der Waals surface area contributed by atoms with Gasteiger partial charge in [-0.3, -0.25) is 0 Å². The highest BCUT2D eigenvalue weighted by Crippen LogP contribution is 2.07. The van der Waals surface area contributed by atoms with Crippen LogP contribution in [0.25, 0.3) is 0 Å². The highest BCUT2D eigenvalue weighted by Gasteiger charge is 2.25. The number of nitrogens with one attached hydrogen (secondary N) is 2. The van der Waals surface area contributed by atoms with Gasteiger partial charge in [0.2, 0.25) is 0 Å². The molecule has 0 spiro atoms. The molecule has 0 bridgehead atoms. The van der Waals surface area contributed by atoms with Crippen molar-refractivity contribution in [1.29, 1.82) is 0 Å². The summed E-state index contributed by atoms with van der Waals surface area (Å²) in [4.78, 5) is 24.9. The van der Waals surface area contributed by atoms with E-state index in [0.717, 1.165) is 13.0 Å². The summed E-state index contributed by atoms with van der Waals surface area (Å²) in [6.07, 6.45) is 1.76. The van der Waals surface area contributed by atoms with Gasteiger partial charge < -0.3 is 20.6 Å². The van der Waals surface area contributed by atoms with Gasteiger partial charge in [0, 0.05) is 19.1 Å². The van der Waals surface area contributed by atoms with Crippen molar-refractivity contribution in [3.8, 4) is 0 Å². The van der Waals surface area contributed by atoms with E-state index in [1.807, 2.05) is 20.9 Å². The molecule has 0 aliphatic rings. The minimum Gasteiger partial charge on any atom is -0.480 e. The summed E-state index contributed by atoms with van der Waals surface area (Å²) >= 11 is 0. The largest absolute Gasteiger partial charge is 0.480 e. The van der Waals surface area contributed by atoms with Crippen molar-refractivity contribution in [2.75, 3.05) is 20.1 Å². The average Bonchev–Trinajstić information content (AvgIpc) is 2.42. The molecule has 0 saturated heterocycles. The van der Waals surface area contributed by atoms with Gasteiger partial charge in [0.1, 0.15) is 6.04 Å². The van der Waals surface area contributed by atoms with Crippen molar-refractivity contribution in [1.82, 2.24) is 15.5 Å². The van der Waals surface area contributed by atoms with Gasteiger partial charge in [-0.05, 0) is 26.3 Å². The van der Waals surface area contributed by atoms with E-state index in [1.54, 1.807) is 0 Å². The molecular weight excluding hydrogens is 258 g/mol. The monoisotopic (exact) mass is 287 g/mol. The second kappa shape index (κ2) is 9.58. The number of rotatable bonds is 9. The third-order valence-electron chi connectivity index (χ3n) is 3.86. The molecule has 0 heterocycles. The van der Waals surface area contributed by atoms with Gasteiger partial charge in [-0.25, -0.2) is 9.59 Å². The zero-order valence-electron chi connectivity index (χ0n) is 13.3. The SMILES string of the molecule is CCC(C)C(NC(=O)NCCN(C)C(C)CC)C(=O)O. The third-order valence-corrected chi connectivity index (χ3v) is 3.86. The summed E-state index contributed by atoms with van der Waals surface area (Å²) in [6, 6.07) is -0.797. The Morgan fingerprint density at radius 2 is 1.80 bits per heavy atom. The molecule has 0 fully saturated rings. The molecule has 0 aromatic carbocycles. The molecule has 0 aromatic rings. The van der Waals surface area contributed by atoms with Gasteiger partial charge in [-0.1, -0.05) is 27.2 Å². The van der Waals surface area contributed by atoms with Crippen LogP contribution in [-0.2, 0) is 4.79 Å². The Morgan fingerprint density at radius 3 is 2.25 bits per heavy atom. The summed E-state index contributed by atoms with van der Waals surface area (Å²) in [5, 5.41) is 14.3. The maximum Gasteiger partial charge on any atom is 0.326 e. The molecule has 0 aliphatic heterocycles. The normalized spacial score (nSPS) is 15.5. The van der Waals surface area contributed by atoms with Crippen molar-refractivity contribution in [2.45, 2.75) is 52.6 Å². The van der Waals surface area contributed by atoms with Crippen LogP contribution in [0.1, 0.15) is 40.5 Å². The van der Waals surface area contributed by atoms with Gasteiger partial charge in [0.05, 0.1) is 0 Å². The van der Waals surface area contributed by atoms with E-state index in [0.29, 0.717) is 19.0 Å². The predicted molar refractivity (Wildman–Crippen MR) is 79.8 cm³/mol. The number of urea groups is 1. The molecule has 3 N–H and O–H groups in total. The zero-order valence-corrected chi connectivity index (χ0v) is 13.3. The van der Waals surface area contributed by atoms with Gasteiger partial charge >= 0.3 is 12.0 Å². The zero-order chi connectivity index (χ0) is 15.7. The van der Waals surface area contributed by atoms with Gasteiger partial charge in [0.15, 0.2) is 0 Å². The molecule has 3 unspecified atom stereocenters. The van der Waals surface area contributed by atoms with Crippen LogP contribution in [0.3, 0.4) is 0 Å². The lowest BCUT2D eigenvalue weighted by atomic mass is 9.99. The summed E-state index contributed by atoms with van der Waals surface area (Å²) in [5.41, 5.74) is 0. The maximum atomic E-state index is 11.7. The molecule has 118 valence electrons. The number of hydrogen-bond donors (Lipinski definition) is 3. The topological polar surface area (TPSA) is 81.7 Å². The van der Waals surface area contributed by atoms with E-state index >= 15 is 0 Å². The number of aliphatic carboxylic acids is 1. The minimum atomic E-state index is -0.994. The van der Waals surface area contributed by atoms with Gasteiger partial charge in [0.25, 0.3) is 0 Å². The first-order valence-corrected chi connectivity index (χ1v) is 7.30. The molecule has 20 heavy (non-hydrogen) atoms. The first kappa shape index (κ1) is 18.7. The molecule has 2 amide bonds. The van der Waals surface area contributed by atoms with Gasteiger partial charge in [-0.15, -0.1) is 0 Å². The van der Waals surface area contributed by atoms with E-state index < -0.39 is 18.0 Å². The lowest BCUT2D eigenvalue weighted by Crippen LogP contribution is -2.50.